The second kappa shape index (κ2) is 8.73. The number of hydrogen-bond acceptors (Lipinski definition) is 6. The Morgan fingerprint density at radius 1 is 1.27 bits per heavy atom. The number of guanidine groups is 1. The van der Waals surface area contributed by atoms with Crippen LogP contribution >= 0.6 is 0 Å². The SMILES string of the molecule is CCCOc1cccc(C2(c3cc(C(=O)CC)n(CC)c3)N=C(N)N(C)C2C=O)c1. The van der Waals surface area contributed by atoms with Gasteiger partial charge in [0.25, 0.3) is 0 Å². The van der Waals surface area contributed by atoms with E-state index in [4.69, 9.17) is 15.5 Å². The summed E-state index contributed by atoms with van der Waals surface area (Å²) in [4.78, 5) is 31.3. The number of Topliss-reactive ketones (excluding diaryl/α,β-unsaturated/α-hetero) is 1. The zero-order valence-corrected chi connectivity index (χ0v) is 18.1. The fourth-order valence-corrected chi connectivity index (χ4v) is 4.02. The van der Waals surface area contributed by atoms with Gasteiger partial charge in [-0.1, -0.05) is 26.0 Å². The largest absolute Gasteiger partial charge is 0.494 e. The van der Waals surface area contributed by atoms with Crippen LogP contribution in [0.15, 0.2) is 41.5 Å². The van der Waals surface area contributed by atoms with Crippen LogP contribution in [0.4, 0.5) is 0 Å². The van der Waals surface area contributed by atoms with Crippen LogP contribution in [0, 0.1) is 0 Å². The third kappa shape index (κ3) is 3.49. The summed E-state index contributed by atoms with van der Waals surface area (Å²) in [6.07, 6.45) is 4.07. The van der Waals surface area contributed by atoms with Gasteiger partial charge in [-0.05, 0) is 37.1 Å². The van der Waals surface area contributed by atoms with Gasteiger partial charge in [0, 0.05) is 31.8 Å². The van der Waals surface area contributed by atoms with Crippen molar-refractivity contribution in [3.05, 3.63) is 53.3 Å². The van der Waals surface area contributed by atoms with E-state index < -0.39 is 11.6 Å². The van der Waals surface area contributed by atoms with Crippen molar-refractivity contribution in [1.82, 2.24) is 9.47 Å². The number of benzene rings is 1. The summed E-state index contributed by atoms with van der Waals surface area (Å²) < 4.78 is 7.73. The number of ether oxygens (including phenoxy) is 1. The number of nitrogens with two attached hydrogens (primary N) is 1. The molecule has 0 radical (unpaired) electrons. The maximum absolute atomic E-state index is 12.5. The van der Waals surface area contributed by atoms with Gasteiger partial charge in [0.05, 0.1) is 12.3 Å². The van der Waals surface area contributed by atoms with Gasteiger partial charge in [0.1, 0.15) is 23.6 Å². The van der Waals surface area contributed by atoms with Crippen LogP contribution in [-0.4, -0.2) is 47.2 Å². The molecule has 7 nitrogen and oxygen atoms in total. The zero-order valence-electron chi connectivity index (χ0n) is 18.1. The number of carbonyl (C=O) groups excluding carboxylic acids is 2. The van der Waals surface area contributed by atoms with Crippen LogP contribution in [0.5, 0.6) is 5.75 Å². The van der Waals surface area contributed by atoms with E-state index >= 15 is 0 Å². The number of rotatable bonds is 9. The van der Waals surface area contributed by atoms with E-state index in [1.165, 1.54) is 0 Å². The Morgan fingerprint density at radius 3 is 2.67 bits per heavy atom. The number of nitrogens with zero attached hydrogens (tertiary/aromatic N) is 3. The van der Waals surface area contributed by atoms with Crippen molar-refractivity contribution in [2.75, 3.05) is 13.7 Å². The van der Waals surface area contributed by atoms with Gasteiger partial charge in [-0.2, -0.15) is 0 Å². The van der Waals surface area contributed by atoms with Crippen molar-refractivity contribution in [3.63, 3.8) is 0 Å². The molecule has 1 aromatic carbocycles. The van der Waals surface area contributed by atoms with Crippen molar-refractivity contribution < 1.29 is 14.3 Å². The summed E-state index contributed by atoms with van der Waals surface area (Å²) >= 11 is 0. The first-order chi connectivity index (χ1) is 14.4. The van der Waals surface area contributed by atoms with Gasteiger partial charge in [-0.25, -0.2) is 4.99 Å². The lowest BCUT2D eigenvalue weighted by Gasteiger charge is -2.32. The Balaban J connectivity index is 2.25. The van der Waals surface area contributed by atoms with Gasteiger partial charge in [-0.3, -0.25) is 4.79 Å². The zero-order chi connectivity index (χ0) is 21.9. The van der Waals surface area contributed by atoms with Gasteiger partial charge in [0.15, 0.2) is 11.7 Å². The lowest BCUT2D eigenvalue weighted by atomic mass is 9.79. The molecule has 1 aromatic heterocycles. The lowest BCUT2D eigenvalue weighted by molar-refractivity contribution is -0.112. The Bertz CT molecular complexity index is 965. The van der Waals surface area contributed by atoms with E-state index in [0.717, 1.165) is 23.8 Å². The van der Waals surface area contributed by atoms with Crippen molar-refractivity contribution >= 4 is 18.0 Å². The lowest BCUT2D eigenvalue weighted by Crippen LogP contribution is -2.46. The summed E-state index contributed by atoms with van der Waals surface area (Å²) in [6, 6.07) is 8.82. The van der Waals surface area contributed by atoms with Crippen molar-refractivity contribution in [2.45, 2.75) is 51.7 Å². The second-order valence-corrected chi connectivity index (χ2v) is 7.48. The highest BCUT2D eigenvalue weighted by atomic mass is 16.5. The first-order valence-electron chi connectivity index (χ1n) is 10.4. The maximum Gasteiger partial charge on any atom is 0.193 e. The van der Waals surface area contributed by atoms with Crippen LogP contribution in [0.1, 0.15) is 55.2 Å². The van der Waals surface area contributed by atoms with Crippen LogP contribution < -0.4 is 10.5 Å². The topological polar surface area (TPSA) is 89.9 Å². The molecule has 0 saturated carbocycles. The Labute approximate surface area is 177 Å². The smallest absolute Gasteiger partial charge is 0.193 e. The predicted octanol–water partition coefficient (Wildman–Crippen LogP) is 2.96. The highest BCUT2D eigenvalue weighted by Crippen LogP contribution is 2.44. The number of likely N-dealkylation sites (N-methyl/N-ethyl adjacent to an activating group) is 1. The minimum atomic E-state index is -1.06. The molecule has 0 bridgehead atoms. The highest BCUT2D eigenvalue weighted by molar-refractivity contribution is 5.95. The van der Waals surface area contributed by atoms with Crippen LogP contribution in [-0.2, 0) is 16.9 Å². The molecule has 1 aliphatic heterocycles. The van der Waals surface area contributed by atoms with E-state index in [9.17, 15) is 9.59 Å². The third-order valence-electron chi connectivity index (χ3n) is 5.66. The van der Waals surface area contributed by atoms with E-state index in [0.29, 0.717) is 31.0 Å². The molecule has 2 aromatic rings. The standard InChI is InChI=1S/C23H30N4O3/c1-5-11-30-18-10-8-9-16(12-18)23(21(15-28)26(4)22(24)25-23)17-13-19(20(29)6-2)27(7-3)14-17/h8-10,12-15,21H,5-7,11H2,1-4H3,(H2,24,25). The first-order valence-corrected chi connectivity index (χ1v) is 10.4. The molecule has 0 aliphatic carbocycles. The molecule has 0 amide bonds. The van der Waals surface area contributed by atoms with Crippen LogP contribution in [0.25, 0.3) is 0 Å². The molecule has 2 atom stereocenters. The van der Waals surface area contributed by atoms with Crippen molar-refractivity contribution in [2.24, 2.45) is 10.7 Å². The number of aryl methyl sites for hydroxylation is 1. The minimum absolute atomic E-state index is 0.0456. The molecule has 160 valence electrons. The van der Waals surface area contributed by atoms with Crippen LogP contribution in [0.3, 0.4) is 0 Å². The summed E-state index contributed by atoms with van der Waals surface area (Å²) in [7, 11) is 1.76. The number of aliphatic imine (C=N–C) groups is 1. The Hall–Kier alpha value is -3.09. The average molecular weight is 411 g/mol. The number of aromatic nitrogens is 1. The molecule has 2 N–H and O–H groups in total. The fraction of sp³-hybridized carbons (Fsp3) is 0.435. The molecule has 0 fully saturated rings. The van der Waals surface area contributed by atoms with E-state index in [2.05, 4.69) is 0 Å². The molecule has 1 aliphatic rings. The van der Waals surface area contributed by atoms with Crippen LogP contribution in [0.2, 0.25) is 0 Å². The molecule has 0 saturated heterocycles. The maximum atomic E-state index is 12.5. The summed E-state index contributed by atoms with van der Waals surface area (Å²) in [6.45, 7) is 7.10. The minimum Gasteiger partial charge on any atom is -0.494 e. The first kappa shape index (κ1) is 21.6. The van der Waals surface area contributed by atoms with E-state index in [-0.39, 0.29) is 11.7 Å². The van der Waals surface area contributed by atoms with Crippen molar-refractivity contribution in [1.29, 1.82) is 0 Å². The summed E-state index contributed by atoms with van der Waals surface area (Å²) in [5.41, 5.74) is 7.30. The molecule has 30 heavy (non-hydrogen) atoms. The quantitative estimate of drug-likeness (QED) is 0.507. The van der Waals surface area contributed by atoms with Gasteiger partial charge >= 0.3 is 0 Å². The molecular formula is C23H30N4O3. The number of hydrogen-bond donors (Lipinski definition) is 1. The van der Waals surface area contributed by atoms with Crippen molar-refractivity contribution in [3.8, 4) is 5.75 Å². The molecule has 2 unspecified atom stereocenters. The molecule has 3 rings (SSSR count). The van der Waals surface area contributed by atoms with E-state index in [1.54, 1.807) is 11.9 Å². The fourth-order valence-electron chi connectivity index (χ4n) is 4.02. The Kier molecular flexibility index (Phi) is 6.29. The number of ketones is 1. The Morgan fingerprint density at radius 2 is 2.03 bits per heavy atom. The van der Waals surface area contributed by atoms with Gasteiger partial charge in [0.2, 0.25) is 0 Å². The normalized spacial score (nSPS) is 20.9. The molecule has 7 heteroatoms. The average Bonchev–Trinajstić information content (AvgIpc) is 3.31. The monoisotopic (exact) mass is 410 g/mol. The third-order valence-corrected chi connectivity index (χ3v) is 5.66. The van der Waals surface area contributed by atoms with E-state index in [1.807, 2.05) is 61.9 Å². The molecule has 2 heterocycles. The van der Waals surface area contributed by atoms with Gasteiger partial charge < -0.3 is 24.7 Å². The van der Waals surface area contributed by atoms with Gasteiger partial charge in [-0.15, -0.1) is 0 Å². The summed E-state index contributed by atoms with van der Waals surface area (Å²) in [5, 5.41) is 0. The molecular weight excluding hydrogens is 380 g/mol. The number of aldehydes is 1. The summed E-state index contributed by atoms with van der Waals surface area (Å²) in [5.74, 6) is 1.03. The number of carbonyl (C=O) groups is 2. The highest BCUT2D eigenvalue weighted by Gasteiger charge is 2.50. The second-order valence-electron chi connectivity index (χ2n) is 7.48. The molecule has 0 spiro atoms. The predicted molar refractivity (Wildman–Crippen MR) is 117 cm³/mol.